The molecule has 0 radical (unpaired) electrons. The van der Waals surface area contributed by atoms with Crippen molar-refractivity contribution in [3.05, 3.63) is 54.1 Å². The standard InChI is InChI=1S/C17H21N3O2/c1-3-4-8-14(13-7-5-10-18-12-13)20(2)17(22)16-15(21)9-6-11-19-16/h5-7,9-12,14,21H,3-4,8H2,1-2H3. The molecule has 0 bridgehead atoms. The molecule has 2 aromatic heterocycles. The molecule has 116 valence electrons. The summed E-state index contributed by atoms with van der Waals surface area (Å²) in [5, 5.41) is 9.84. The minimum atomic E-state index is -0.289. The van der Waals surface area contributed by atoms with Gasteiger partial charge < -0.3 is 10.0 Å². The van der Waals surface area contributed by atoms with Gasteiger partial charge in [0.2, 0.25) is 0 Å². The summed E-state index contributed by atoms with van der Waals surface area (Å²) in [7, 11) is 1.74. The highest BCUT2D eigenvalue weighted by molar-refractivity contribution is 5.94. The van der Waals surface area contributed by atoms with Crippen LogP contribution in [0.2, 0.25) is 0 Å². The molecule has 5 nitrogen and oxygen atoms in total. The van der Waals surface area contributed by atoms with Gasteiger partial charge in [0, 0.05) is 25.6 Å². The van der Waals surface area contributed by atoms with E-state index in [0.29, 0.717) is 0 Å². The van der Waals surface area contributed by atoms with Crippen LogP contribution in [0.5, 0.6) is 5.75 Å². The Bertz CT molecular complexity index is 616. The third-order valence-corrected chi connectivity index (χ3v) is 3.68. The van der Waals surface area contributed by atoms with Gasteiger partial charge >= 0.3 is 0 Å². The molecule has 0 aliphatic rings. The number of carbonyl (C=O) groups excluding carboxylic acids is 1. The van der Waals surface area contributed by atoms with Crippen molar-refractivity contribution in [2.75, 3.05) is 7.05 Å². The predicted octanol–water partition coefficient (Wildman–Crippen LogP) is 3.19. The van der Waals surface area contributed by atoms with Crippen LogP contribution in [0, 0.1) is 0 Å². The summed E-state index contributed by atoms with van der Waals surface area (Å²) < 4.78 is 0. The molecule has 2 aromatic rings. The van der Waals surface area contributed by atoms with Gasteiger partial charge in [-0.15, -0.1) is 0 Å². The highest BCUT2D eigenvalue weighted by Gasteiger charge is 2.25. The molecule has 0 saturated carbocycles. The Morgan fingerprint density at radius 1 is 1.32 bits per heavy atom. The number of amides is 1. The van der Waals surface area contributed by atoms with Crippen LogP contribution < -0.4 is 0 Å². The van der Waals surface area contributed by atoms with E-state index in [9.17, 15) is 9.90 Å². The molecule has 0 aliphatic carbocycles. The van der Waals surface area contributed by atoms with Crippen molar-refractivity contribution in [2.45, 2.75) is 32.2 Å². The van der Waals surface area contributed by atoms with Crippen LogP contribution in [0.3, 0.4) is 0 Å². The largest absolute Gasteiger partial charge is 0.505 e. The first-order valence-corrected chi connectivity index (χ1v) is 7.46. The topological polar surface area (TPSA) is 66.3 Å². The molecule has 0 aromatic carbocycles. The van der Waals surface area contributed by atoms with Crippen LogP contribution >= 0.6 is 0 Å². The van der Waals surface area contributed by atoms with E-state index in [-0.39, 0.29) is 23.4 Å². The number of hydrogen-bond acceptors (Lipinski definition) is 4. The fourth-order valence-corrected chi connectivity index (χ4v) is 2.42. The molecule has 1 unspecified atom stereocenters. The number of aromatic nitrogens is 2. The average Bonchev–Trinajstić information content (AvgIpc) is 2.56. The molecule has 2 rings (SSSR count). The maximum atomic E-state index is 12.6. The molecule has 22 heavy (non-hydrogen) atoms. The van der Waals surface area contributed by atoms with Crippen molar-refractivity contribution >= 4 is 5.91 Å². The Hall–Kier alpha value is -2.43. The molecule has 0 spiro atoms. The van der Waals surface area contributed by atoms with E-state index in [1.807, 2.05) is 12.1 Å². The third kappa shape index (κ3) is 3.61. The smallest absolute Gasteiger partial charge is 0.276 e. The number of nitrogens with zero attached hydrogens (tertiary/aromatic N) is 3. The van der Waals surface area contributed by atoms with Gasteiger partial charge in [0.05, 0.1) is 6.04 Å². The fourth-order valence-electron chi connectivity index (χ4n) is 2.42. The van der Waals surface area contributed by atoms with Crippen LogP contribution in [0.1, 0.15) is 48.3 Å². The van der Waals surface area contributed by atoms with Crippen molar-refractivity contribution in [2.24, 2.45) is 0 Å². The summed E-state index contributed by atoms with van der Waals surface area (Å²) in [5.41, 5.74) is 1.07. The monoisotopic (exact) mass is 299 g/mol. The van der Waals surface area contributed by atoms with Gasteiger partial charge in [-0.1, -0.05) is 25.8 Å². The van der Waals surface area contributed by atoms with Gasteiger partial charge in [0.1, 0.15) is 5.75 Å². The molecular weight excluding hydrogens is 278 g/mol. The van der Waals surface area contributed by atoms with E-state index in [2.05, 4.69) is 16.9 Å². The van der Waals surface area contributed by atoms with Crippen LogP contribution in [0.25, 0.3) is 0 Å². The van der Waals surface area contributed by atoms with Crippen LogP contribution in [-0.4, -0.2) is 32.9 Å². The molecule has 0 aliphatic heterocycles. The highest BCUT2D eigenvalue weighted by Crippen LogP contribution is 2.27. The van der Waals surface area contributed by atoms with Crippen molar-refractivity contribution < 1.29 is 9.90 Å². The lowest BCUT2D eigenvalue weighted by atomic mass is 10.0. The zero-order valence-corrected chi connectivity index (χ0v) is 12.9. The first-order valence-electron chi connectivity index (χ1n) is 7.46. The number of carbonyl (C=O) groups is 1. The Labute approximate surface area is 130 Å². The fraction of sp³-hybridized carbons (Fsp3) is 0.353. The zero-order chi connectivity index (χ0) is 15.9. The summed E-state index contributed by atoms with van der Waals surface area (Å²) in [6.07, 6.45) is 7.90. The Morgan fingerprint density at radius 2 is 2.09 bits per heavy atom. The van der Waals surface area contributed by atoms with Gasteiger partial charge in [-0.3, -0.25) is 9.78 Å². The van der Waals surface area contributed by atoms with Gasteiger partial charge in [-0.25, -0.2) is 4.98 Å². The van der Waals surface area contributed by atoms with Crippen LogP contribution in [0.4, 0.5) is 0 Å². The van der Waals surface area contributed by atoms with Crippen LogP contribution in [-0.2, 0) is 0 Å². The number of unbranched alkanes of at least 4 members (excludes halogenated alkanes) is 1. The normalized spacial score (nSPS) is 11.9. The SMILES string of the molecule is CCCCC(c1cccnc1)N(C)C(=O)c1ncccc1O. The molecule has 1 amide bonds. The first kappa shape index (κ1) is 15.9. The average molecular weight is 299 g/mol. The van der Waals surface area contributed by atoms with Gasteiger partial charge in [0.15, 0.2) is 5.69 Å². The lowest BCUT2D eigenvalue weighted by Gasteiger charge is -2.28. The predicted molar refractivity (Wildman–Crippen MR) is 84.5 cm³/mol. The van der Waals surface area contributed by atoms with E-state index in [0.717, 1.165) is 24.8 Å². The quantitative estimate of drug-likeness (QED) is 0.889. The number of hydrogen-bond donors (Lipinski definition) is 1. The molecular formula is C17H21N3O2. The van der Waals surface area contributed by atoms with Crippen molar-refractivity contribution in [1.82, 2.24) is 14.9 Å². The van der Waals surface area contributed by atoms with E-state index in [1.165, 1.54) is 12.3 Å². The summed E-state index contributed by atoms with van der Waals surface area (Å²) in [5.74, 6) is -0.386. The second kappa shape index (κ2) is 7.54. The minimum absolute atomic E-state index is 0.0791. The number of pyridine rings is 2. The first-order chi connectivity index (χ1) is 10.6. The van der Waals surface area contributed by atoms with E-state index < -0.39 is 0 Å². The second-order valence-electron chi connectivity index (χ2n) is 5.23. The second-order valence-corrected chi connectivity index (χ2v) is 5.23. The molecule has 1 N–H and O–H groups in total. The van der Waals surface area contributed by atoms with Crippen LogP contribution in [0.15, 0.2) is 42.9 Å². The lowest BCUT2D eigenvalue weighted by Crippen LogP contribution is -2.32. The number of rotatable bonds is 6. The molecule has 2 heterocycles. The van der Waals surface area contributed by atoms with Crippen molar-refractivity contribution in [3.8, 4) is 5.75 Å². The Kier molecular flexibility index (Phi) is 5.47. The third-order valence-electron chi connectivity index (χ3n) is 3.68. The van der Waals surface area contributed by atoms with Gasteiger partial charge in [0.25, 0.3) is 5.91 Å². The maximum Gasteiger partial charge on any atom is 0.276 e. The Morgan fingerprint density at radius 3 is 2.73 bits per heavy atom. The summed E-state index contributed by atoms with van der Waals surface area (Å²) in [6, 6.07) is 6.82. The van der Waals surface area contributed by atoms with E-state index in [4.69, 9.17) is 0 Å². The minimum Gasteiger partial charge on any atom is -0.505 e. The van der Waals surface area contributed by atoms with E-state index in [1.54, 1.807) is 30.4 Å². The van der Waals surface area contributed by atoms with E-state index >= 15 is 0 Å². The lowest BCUT2D eigenvalue weighted by molar-refractivity contribution is 0.0710. The molecule has 1 atom stereocenters. The summed E-state index contributed by atoms with van der Waals surface area (Å²) in [4.78, 5) is 22.4. The van der Waals surface area contributed by atoms with Crippen molar-refractivity contribution in [1.29, 1.82) is 0 Å². The summed E-state index contributed by atoms with van der Waals surface area (Å²) in [6.45, 7) is 2.12. The molecule has 0 saturated heterocycles. The maximum absolute atomic E-state index is 12.6. The van der Waals surface area contributed by atoms with Gasteiger partial charge in [-0.2, -0.15) is 0 Å². The Balaban J connectivity index is 2.27. The highest BCUT2D eigenvalue weighted by atomic mass is 16.3. The van der Waals surface area contributed by atoms with Crippen molar-refractivity contribution in [3.63, 3.8) is 0 Å². The number of aromatic hydroxyl groups is 1. The van der Waals surface area contributed by atoms with Gasteiger partial charge in [-0.05, 0) is 30.2 Å². The molecule has 5 heteroatoms. The molecule has 0 fully saturated rings. The zero-order valence-electron chi connectivity index (χ0n) is 12.9. The summed E-state index contributed by atoms with van der Waals surface area (Å²) >= 11 is 0.